The van der Waals surface area contributed by atoms with Gasteiger partial charge >= 0.3 is 6.03 Å². The first-order valence-corrected chi connectivity index (χ1v) is 5.79. The Kier molecular flexibility index (Phi) is 4.88. The lowest BCUT2D eigenvalue weighted by molar-refractivity contribution is -0.117. The van der Waals surface area contributed by atoms with E-state index in [9.17, 15) is 9.59 Å². The maximum Gasteiger partial charge on any atom is 0.321 e. The minimum absolute atomic E-state index is 0.187. The van der Waals surface area contributed by atoms with Gasteiger partial charge in [-0.15, -0.1) is 11.6 Å². The van der Waals surface area contributed by atoms with Crippen molar-refractivity contribution >= 4 is 23.5 Å². The monoisotopic (exact) mass is 232 g/mol. The van der Waals surface area contributed by atoms with Crippen LogP contribution in [0.4, 0.5) is 4.79 Å². The quantitative estimate of drug-likeness (QED) is 0.725. The van der Waals surface area contributed by atoms with E-state index in [1.165, 1.54) is 6.42 Å². The molecular weight excluding hydrogens is 216 g/mol. The summed E-state index contributed by atoms with van der Waals surface area (Å²) in [6.07, 6.45) is 3.54. The molecule has 1 aliphatic carbocycles. The van der Waals surface area contributed by atoms with Gasteiger partial charge in [0.1, 0.15) is 5.88 Å². The summed E-state index contributed by atoms with van der Waals surface area (Å²) in [5.74, 6) is 0.656. The summed E-state index contributed by atoms with van der Waals surface area (Å²) in [7, 11) is 0. The lowest BCUT2D eigenvalue weighted by Gasteiger charge is -2.10. The molecule has 0 heterocycles. The Hall–Kier alpha value is -0.770. The van der Waals surface area contributed by atoms with Gasteiger partial charge in [-0.05, 0) is 24.7 Å². The van der Waals surface area contributed by atoms with Crippen LogP contribution in [0.25, 0.3) is 0 Å². The van der Waals surface area contributed by atoms with Crippen molar-refractivity contribution in [3.05, 3.63) is 0 Å². The highest BCUT2D eigenvalue weighted by Crippen LogP contribution is 2.29. The Morgan fingerprint density at radius 3 is 2.67 bits per heavy atom. The third-order valence-corrected chi connectivity index (χ3v) is 2.97. The molecule has 0 aliphatic heterocycles. The molecule has 2 atom stereocenters. The number of imide groups is 1. The second-order valence-corrected chi connectivity index (χ2v) is 4.44. The van der Waals surface area contributed by atoms with Gasteiger partial charge in [0, 0.05) is 6.54 Å². The molecule has 0 aromatic carbocycles. The van der Waals surface area contributed by atoms with E-state index in [-0.39, 0.29) is 5.88 Å². The van der Waals surface area contributed by atoms with E-state index in [1.54, 1.807) is 0 Å². The molecule has 4 nitrogen and oxygen atoms in total. The highest BCUT2D eigenvalue weighted by Gasteiger charge is 2.21. The van der Waals surface area contributed by atoms with Crippen LogP contribution in [0, 0.1) is 11.8 Å². The summed E-state index contributed by atoms with van der Waals surface area (Å²) in [5, 5.41) is 4.82. The molecule has 0 spiro atoms. The molecule has 0 bridgehead atoms. The summed E-state index contributed by atoms with van der Waals surface area (Å²) in [6, 6.07) is -0.444. The van der Waals surface area contributed by atoms with Crippen LogP contribution in [-0.4, -0.2) is 24.4 Å². The van der Waals surface area contributed by atoms with Gasteiger partial charge in [0.05, 0.1) is 0 Å². The molecule has 0 aromatic rings. The third-order valence-electron chi connectivity index (χ3n) is 2.73. The minimum Gasteiger partial charge on any atom is -0.338 e. The Bertz CT molecular complexity index is 246. The molecule has 0 aromatic heterocycles. The molecule has 3 amide bonds. The summed E-state index contributed by atoms with van der Waals surface area (Å²) < 4.78 is 0. The van der Waals surface area contributed by atoms with Crippen LogP contribution in [0.5, 0.6) is 0 Å². The van der Waals surface area contributed by atoms with Crippen LogP contribution in [0.15, 0.2) is 0 Å². The second-order valence-electron chi connectivity index (χ2n) is 4.18. The molecule has 0 saturated heterocycles. The fraction of sp³-hybridized carbons (Fsp3) is 0.800. The average molecular weight is 233 g/mol. The molecule has 5 heteroatoms. The molecule has 2 unspecified atom stereocenters. The first-order valence-electron chi connectivity index (χ1n) is 5.25. The molecule has 2 N–H and O–H groups in total. The SMILES string of the molecule is CC1CCC(CNC(=O)NC(=O)CCl)C1. The Balaban J connectivity index is 2.14. The summed E-state index contributed by atoms with van der Waals surface area (Å²) in [4.78, 5) is 21.9. The number of rotatable bonds is 3. The van der Waals surface area contributed by atoms with Crippen molar-refractivity contribution in [1.29, 1.82) is 0 Å². The number of amides is 3. The number of carbonyl (C=O) groups excluding carboxylic acids is 2. The van der Waals surface area contributed by atoms with E-state index in [1.807, 2.05) is 0 Å². The second kappa shape index (κ2) is 5.95. The molecular formula is C10H17ClN2O2. The molecule has 0 radical (unpaired) electrons. The lowest BCUT2D eigenvalue weighted by atomic mass is 10.1. The van der Waals surface area contributed by atoms with Crippen molar-refractivity contribution in [2.45, 2.75) is 26.2 Å². The standard InChI is InChI=1S/C10H17ClN2O2/c1-7-2-3-8(4-7)6-12-10(15)13-9(14)5-11/h7-8H,2-6H2,1H3,(H2,12,13,14,15). The number of nitrogens with one attached hydrogen (secondary N) is 2. The summed E-state index contributed by atoms with van der Waals surface area (Å²) in [6.45, 7) is 2.86. The largest absolute Gasteiger partial charge is 0.338 e. The predicted octanol–water partition coefficient (Wildman–Crippen LogP) is 1.49. The maximum atomic E-state index is 11.1. The van der Waals surface area contributed by atoms with Crippen LogP contribution in [-0.2, 0) is 4.79 Å². The van der Waals surface area contributed by atoms with E-state index < -0.39 is 11.9 Å². The molecule has 86 valence electrons. The van der Waals surface area contributed by atoms with Gasteiger partial charge in [-0.1, -0.05) is 13.3 Å². The van der Waals surface area contributed by atoms with Gasteiger partial charge in [0.15, 0.2) is 0 Å². The van der Waals surface area contributed by atoms with Crippen LogP contribution in [0.1, 0.15) is 26.2 Å². The zero-order valence-electron chi connectivity index (χ0n) is 8.88. The van der Waals surface area contributed by atoms with Crippen molar-refractivity contribution in [3.63, 3.8) is 0 Å². The highest BCUT2D eigenvalue weighted by atomic mass is 35.5. The van der Waals surface area contributed by atoms with Gasteiger partial charge < -0.3 is 5.32 Å². The number of alkyl halides is 1. The zero-order chi connectivity index (χ0) is 11.3. The number of urea groups is 1. The minimum atomic E-state index is -0.464. The number of hydrogen-bond acceptors (Lipinski definition) is 2. The normalized spacial score (nSPS) is 24.9. The van der Waals surface area contributed by atoms with Crippen LogP contribution in [0.2, 0.25) is 0 Å². The van der Waals surface area contributed by atoms with Crippen molar-refractivity contribution < 1.29 is 9.59 Å². The first-order chi connectivity index (χ1) is 7.11. The predicted molar refractivity (Wildman–Crippen MR) is 58.8 cm³/mol. The Labute approximate surface area is 94.7 Å². The smallest absolute Gasteiger partial charge is 0.321 e. The van der Waals surface area contributed by atoms with Crippen molar-refractivity contribution in [2.75, 3.05) is 12.4 Å². The summed E-state index contributed by atoms with van der Waals surface area (Å²) in [5.41, 5.74) is 0. The van der Waals surface area contributed by atoms with E-state index >= 15 is 0 Å². The van der Waals surface area contributed by atoms with E-state index in [0.29, 0.717) is 12.5 Å². The maximum absolute atomic E-state index is 11.1. The van der Waals surface area contributed by atoms with Gasteiger partial charge in [-0.3, -0.25) is 10.1 Å². The molecule has 1 aliphatic rings. The average Bonchev–Trinajstić information content (AvgIpc) is 2.61. The Morgan fingerprint density at radius 1 is 1.40 bits per heavy atom. The van der Waals surface area contributed by atoms with Crippen LogP contribution >= 0.6 is 11.6 Å². The lowest BCUT2D eigenvalue weighted by Crippen LogP contribution is -2.41. The third kappa shape index (κ3) is 4.51. The van der Waals surface area contributed by atoms with Crippen molar-refractivity contribution in [2.24, 2.45) is 11.8 Å². The first kappa shape index (κ1) is 12.3. The number of halogens is 1. The van der Waals surface area contributed by atoms with E-state index in [0.717, 1.165) is 18.8 Å². The number of hydrogen-bond donors (Lipinski definition) is 2. The molecule has 15 heavy (non-hydrogen) atoms. The van der Waals surface area contributed by atoms with Crippen LogP contribution in [0.3, 0.4) is 0 Å². The van der Waals surface area contributed by atoms with Crippen LogP contribution < -0.4 is 10.6 Å². The molecule has 1 rings (SSSR count). The molecule has 1 saturated carbocycles. The van der Waals surface area contributed by atoms with E-state index in [2.05, 4.69) is 17.6 Å². The zero-order valence-corrected chi connectivity index (χ0v) is 9.64. The Morgan fingerprint density at radius 2 is 2.13 bits per heavy atom. The van der Waals surface area contributed by atoms with Gasteiger partial charge in [0.25, 0.3) is 0 Å². The van der Waals surface area contributed by atoms with Crippen molar-refractivity contribution in [1.82, 2.24) is 10.6 Å². The fourth-order valence-corrected chi connectivity index (χ4v) is 2.02. The van der Waals surface area contributed by atoms with Crippen molar-refractivity contribution in [3.8, 4) is 0 Å². The van der Waals surface area contributed by atoms with E-state index in [4.69, 9.17) is 11.6 Å². The van der Waals surface area contributed by atoms with Gasteiger partial charge in [-0.25, -0.2) is 4.79 Å². The van der Waals surface area contributed by atoms with Gasteiger partial charge in [0.2, 0.25) is 5.91 Å². The summed E-state index contributed by atoms with van der Waals surface area (Å²) >= 11 is 5.25. The number of carbonyl (C=O) groups is 2. The highest BCUT2D eigenvalue weighted by molar-refractivity contribution is 6.28. The van der Waals surface area contributed by atoms with Gasteiger partial charge in [-0.2, -0.15) is 0 Å². The topological polar surface area (TPSA) is 58.2 Å². The fourth-order valence-electron chi connectivity index (χ4n) is 1.95. The molecule has 1 fully saturated rings.